The van der Waals surface area contributed by atoms with Crippen LogP contribution in [-0.2, 0) is 32.7 Å². The fraction of sp³-hybridized carbons (Fsp3) is 0.351. The van der Waals surface area contributed by atoms with Crippen LogP contribution in [0.5, 0.6) is 5.75 Å². The average molecular weight is 699 g/mol. The van der Waals surface area contributed by atoms with E-state index in [2.05, 4.69) is 5.32 Å². The van der Waals surface area contributed by atoms with Gasteiger partial charge in [0.15, 0.2) is 0 Å². The summed E-state index contributed by atoms with van der Waals surface area (Å²) in [5.41, 5.74) is -0.418. The van der Waals surface area contributed by atoms with Gasteiger partial charge in [-0.3, -0.25) is 18.4 Å². The maximum Gasteiger partial charge on any atom is 0.305 e. The summed E-state index contributed by atoms with van der Waals surface area (Å²) in [4.78, 5) is 26.6. The Labute approximate surface area is 284 Å². The van der Waals surface area contributed by atoms with Crippen LogP contribution in [-0.4, -0.2) is 40.8 Å². The fourth-order valence-electron chi connectivity index (χ4n) is 6.47. The predicted molar refractivity (Wildman–Crippen MR) is 180 cm³/mol. The van der Waals surface area contributed by atoms with Gasteiger partial charge in [0.25, 0.3) is 11.5 Å². The molecule has 2 heterocycles. The molecule has 3 aromatic carbocycles. The van der Waals surface area contributed by atoms with E-state index >= 15 is 8.78 Å². The highest BCUT2D eigenvalue weighted by atomic mass is 32.2. The number of ether oxygens (including phenoxy) is 2. The molecule has 3 unspecified atom stereocenters. The van der Waals surface area contributed by atoms with Crippen molar-refractivity contribution in [2.75, 3.05) is 26.0 Å². The number of esters is 1. The van der Waals surface area contributed by atoms with Crippen LogP contribution in [0.3, 0.4) is 0 Å². The van der Waals surface area contributed by atoms with E-state index in [0.29, 0.717) is 19.9 Å². The molecule has 3 atom stereocenters. The van der Waals surface area contributed by atoms with Crippen LogP contribution in [0.1, 0.15) is 66.6 Å². The summed E-state index contributed by atoms with van der Waals surface area (Å²) in [6.45, 7) is 4.53. The molecule has 0 spiro atoms. The zero-order valence-electron chi connectivity index (χ0n) is 27.7. The zero-order valence-corrected chi connectivity index (χ0v) is 28.5. The van der Waals surface area contributed by atoms with Gasteiger partial charge in [-0.15, -0.1) is 0 Å². The van der Waals surface area contributed by atoms with Crippen LogP contribution >= 0.6 is 0 Å². The molecule has 49 heavy (non-hydrogen) atoms. The van der Waals surface area contributed by atoms with Crippen LogP contribution < -0.4 is 15.6 Å². The second kappa shape index (κ2) is 15.1. The Kier molecular flexibility index (Phi) is 11.1. The number of nitrogens with one attached hydrogen (secondary N) is 1. The SMILES string of the molecule is CCOC(=O)CCCNC(c1ccccc1)C1CS(=O)c2c(Cc3c(F)cccc3C(C)(F)F)c(C)c(-c3ccc(OC)cc3F)c(=O)n21. The van der Waals surface area contributed by atoms with Gasteiger partial charge in [0.2, 0.25) is 0 Å². The molecule has 260 valence electrons. The van der Waals surface area contributed by atoms with E-state index < -0.39 is 58.0 Å². The van der Waals surface area contributed by atoms with Crippen molar-refractivity contribution in [2.24, 2.45) is 0 Å². The predicted octanol–water partition coefficient (Wildman–Crippen LogP) is 7.15. The fourth-order valence-corrected chi connectivity index (χ4v) is 8.22. The van der Waals surface area contributed by atoms with Crippen LogP contribution in [0.4, 0.5) is 17.6 Å². The van der Waals surface area contributed by atoms with Gasteiger partial charge < -0.3 is 14.8 Å². The van der Waals surface area contributed by atoms with E-state index in [4.69, 9.17) is 9.47 Å². The van der Waals surface area contributed by atoms with Crippen molar-refractivity contribution >= 4 is 16.8 Å². The lowest BCUT2D eigenvalue weighted by Gasteiger charge is -2.28. The number of hydrogen-bond acceptors (Lipinski definition) is 6. The van der Waals surface area contributed by atoms with Crippen LogP contribution in [0.25, 0.3) is 11.1 Å². The van der Waals surface area contributed by atoms with Gasteiger partial charge in [-0.25, -0.2) is 17.6 Å². The van der Waals surface area contributed by atoms with E-state index in [1.54, 1.807) is 6.92 Å². The van der Waals surface area contributed by atoms with Gasteiger partial charge in [-0.1, -0.05) is 42.5 Å². The summed E-state index contributed by atoms with van der Waals surface area (Å²) < 4.78 is 86.4. The van der Waals surface area contributed by atoms with Crippen molar-refractivity contribution in [2.45, 2.75) is 63.1 Å². The number of methoxy groups -OCH3 is 1. The molecule has 0 radical (unpaired) electrons. The summed E-state index contributed by atoms with van der Waals surface area (Å²) >= 11 is 0. The molecule has 0 fully saturated rings. The Bertz CT molecular complexity index is 1930. The van der Waals surface area contributed by atoms with Gasteiger partial charge in [-0.05, 0) is 61.7 Å². The number of aromatic nitrogens is 1. The van der Waals surface area contributed by atoms with Crippen molar-refractivity contribution in [1.82, 2.24) is 9.88 Å². The molecule has 0 aliphatic carbocycles. The lowest BCUT2D eigenvalue weighted by Crippen LogP contribution is -2.36. The Morgan fingerprint density at radius 2 is 1.80 bits per heavy atom. The number of nitrogens with zero attached hydrogens (tertiary/aromatic N) is 1. The normalized spacial score (nSPS) is 16.3. The molecule has 0 bridgehead atoms. The molecule has 0 saturated heterocycles. The lowest BCUT2D eigenvalue weighted by molar-refractivity contribution is -0.143. The van der Waals surface area contributed by atoms with E-state index in [9.17, 15) is 22.6 Å². The molecule has 5 rings (SSSR count). The standard InChI is InChI=1S/C37H38F4N2O5S/c1-5-48-32(44)15-10-18-42-34(23-11-7-6-8-12-23)31-21-49(46)36-26(20-27-28(37(3,40)41)13-9-14-29(27)38)22(2)33(35(45)43(31)36)25-17-16-24(47-4)19-30(25)39/h6-9,11-14,16-17,19,31,34,42H,5,10,15,18,20-21H2,1-4H3. The third-order valence-electron chi connectivity index (χ3n) is 8.77. The first-order chi connectivity index (χ1) is 23.4. The minimum Gasteiger partial charge on any atom is -0.497 e. The number of alkyl halides is 2. The van der Waals surface area contributed by atoms with Gasteiger partial charge in [0.05, 0.1) is 47.9 Å². The number of pyridine rings is 1. The van der Waals surface area contributed by atoms with Gasteiger partial charge in [-0.2, -0.15) is 0 Å². The molecule has 1 N–H and O–H groups in total. The van der Waals surface area contributed by atoms with E-state index in [0.717, 1.165) is 23.8 Å². The van der Waals surface area contributed by atoms with E-state index in [1.807, 2.05) is 30.3 Å². The molecule has 0 saturated carbocycles. The number of benzene rings is 3. The average Bonchev–Trinajstić information content (AvgIpc) is 3.40. The van der Waals surface area contributed by atoms with Crippen molar-refractivity contribution in [3.63, 3.8) is 0 Å². The van der Waals surface area contributed by atoms with Crippen molar-refractivity contribution < 1.29 is 36.0 Å². The van der Waals surface area contributed by atoms with Crippen molar-refractivity contribution in [3.05, 3.63) is 117 Å². The number of rotatable bonds is 13. The Balaban J connectivity index is 1.72. The number of carbonyl (C=O) groups excluding carboxylic acids is 1. The molecule has 1 aliphatic heterocycles. The molecule has 7 nitrogen and oxygen atoms in total. The quantitative estimate of drug-likeness (QED) is 0.0908. The van der Waals surface area contributed by atoms with Gasteiger partial charge in [0, 0.05) is 42.5 Å². The maximum atomic E-state index is 15.7. The molecular formula is C37H38F4N2O5S. The minimum absolute atomic E-state index is 0.0330. The lowest BCUT2D eigenvalue weighted by atomic mass is 9.91. The molecule has 1 aliphatic rings. The van der Waals surface area contributed by atoms with E-state index in [-0.39, 0.29) is 63.3 Å². The minimum atomic E-state index is -3.40. The Morgan fingerprint density at radius 3 is 2.45 bits per heavy atom. The first kappa shape index (κ1) is 36.0. The third kappa shape index (κ3) is 7.50. The van der Waals surface area contributed by atoms with Gasteiger partial charge >= 0.3 is 5.97 Å². The van der Waals surface area contributed by atoms with Crippen LogP contribution in [0.15, 0.2) is 76.6 Å². The maximum absolute atomic E-state index is 15.7. The first-order valence-electron chi connectivity index (χ1n) is 16.0. The highest BCUT2D eigenvalue weighted by Gasteiger charge is 2.40. The van der Waals surface area contributed by atoms with Gasteiger partial charge in [0.1, 0.15) is 22.4 Å². The van der Waals surface area contributed by atoms with Crippen molar-refractivity contribution in [3.8, 4) is 16.9 Å². The number of halogens is 4. The molecular weight excluding hydrogens is 660 g/mol. The second-order valence-corrected chi connectivity index (χ2v) is 13.4. The first-order valence-corrected chi connectivity index (χ1v) is 17.3. The smallest absolute Gasteiger partial charge is 0.305 e. The monoisotopic (exact) mass is 698 g/mol. The summed E-state index contributed by atoms with van der Waals surface area (Å²) in [6, 6.07) is 15.2. The summed E-state index contributed by atoms with van der Waals surface area (Å²) in [5, 5.41) is 3.50. The van der Waals surface area contributed by atoms with Crippen LogP contribution in [0.2, 0.25) is 0 Å². The molecule has 1 aromatic heterocycles. The largest absolute Gasteiger partial charge is 0.497 e. The highest BCUT2D eigenvalue weighted by molar-refractivity contribution is 7.85. The Morgan fingerprint density at radius 1 is 1.06 bits per heavy atom. The summed E-state index contributed by atoms with van der Waals surface area (Å²) in [5.74, 6) is -5.21. The number of carbonyl (C=O) groups is 1. The Hall–Kier alpha value is -4.29. The van der Waals surface area contributed by atoms with Crippen molar-refractivity contribution in [1.29, 1.82) is 0 Å². The molecule has 12 heteroatoms. The summed E-state index contributed by atoms with van der Waals surface area (Å²) in [7, 11) is -0.454. The number of hydrogen-bond donors (Lipinski definition) is 1. The highest BCUT2D eigenvalue weighted by Crippen LogP contribution is 2.41. The number of fused-ring (bicyclic) bond motifs is 1. The zero-order chi connectivity index (χ0) is 35.5. The van der Waals surface area contributed by atoms with E-state index in [1.165, 1.54) is 36.8 Å². The second-order valence-electron chi connectivity index (χ2n) is 12.0. The van der Waals surface area contributed by atoms with Crippen LogP contribution in [0, 0.1) is 18.6 Å². The third-order valence-corrected chi connectivity index (χ3v) is 10.3. The summed E-state index contributed by atoms with van der Waals surface area (Å²) in [6.07, 6.45) is 0.161. The molecule has 4 aromatic rings. The molecule has 0 amide bonds. The topological polar surface area (TPSA) is 86.6 Å².